The maximum atomic E-state index is 14.0. The van der Waals surface area contributed by atoms with Gasteiger partial charge in [0.15, 0.2) is 5.78 Å². The quantitative estimate of drug-likeness (QED) is 0.759. The number of ketones is 1. The second-order valence-electron chi connectivity index (χ2n) is 7.67. The molecule has 1 aromatic carbocycles. The van der Waals surface area contributed by atoms with Gasteiger partial charge >= 0.3 is 0 Å². The predicted molar refractivity (Wildman–Crippen MR) is 104 cm³/mol. The highest BCUT2D eigenvalue weighted by atomic mass is 16.2. The minimum absolute atomic E-state index is 0.0149. The van der Waals surface area contributed by atoms with Crippen LogP contribution in [0.3, 0.4) is 0 Å². The lowest BCUT2D eigenvalue weighted by Gasteiger charge is -2.48. The molecule has 0 saturated heterocycles. The fourth-order valence-electron chi connectivity index (χ4n) is 4.32. The maximum Gasteiger partial charge on any atom is 0.248 e. The molecule has 1 aliphatic carbocycles. The molecule has 28 heavy (non-hydrogen) atoms. The minimum atomic E-state index is -1.21. The van der Waals surface area contributed by atoms with Gasteiger partial charge in [0.1, 0.15) is 11.5 Å². The summed E-state index contributed by atoms with van der Waals surface area (Å²) in [4.78, 5) is 32.8. The van der Waals surface area contributed by atoms with Gasteiger partial charge in [-0.2, -0.15) is 5.26 Å². The normalized spacial score (nSPS) is 23.6. The van der Waals surface area contributed by atoms with Crippen molar-refractivity contribution in [3.05, 3.63) is 71.6 Å². The second-order valence-corrected chi connectivity index (χ2v) is 7.67. The fourth-order valence-corrected chi connectivity index (χ4v) is 4.32. The van der Waals surface area contributed by atoms with Gasteiger partial charge in [0.2, 0.25) is 11.9 Å². The number of hydrogen-bond donors (Lipinski definition) is 0. The lowest BCUT2D eigenvalue weighted by atomic mass is 9.56. The molecule has 0 unspecified atom stereocenters. The van der Waals surface area contributed by atoms with E-state index in [0.717, 1.165) is 5.56 Å². The van der Waals surface area contributed by atoms with Crippen molar-refractivity contribution in [1.82, 2.24) is 9.55 Å². The van der Waals surface area contributed by atoms with Gasteiger partial charge in [-0.25, -0.2) is 4.98 Å². The largest absolute Gasteiger partial charge is 0.320 e. The number of anilines is 1. The van der Waals surface area contributed by atoms with Crippen LogP contribution in [0.15, 0.2) is 66.0 Å². The van der Waals surface area contributed by atoms with E-state index < -0.39 is 10.8 Å². The van der Waals surface area contributed by atoms with Gasteiger partial charge < -0.3 is 4.57 Å². The number of fused-ring (bicyclic) bond motifs is 1. The van der Waals surface area contributed by atoms with E-state index in [1.807, 2.05) is 49.5 Å². The first-order valence-electron chi connectivity index (χ1n) is 9.07. The standard InChI is InChI=1S/C22H20N4O2/c1-21(2)17-9-11-26(20-24-10-12-25(20)3)19(28)22(17,13-15(14-23)18(21)27)16-7-5-4-6-8-16/h4-10,12-13H,11H2,1-3H3/t22-/m1/s1. The molecule has 0 saturated carbocycles. The van der Waals surface area contributed by atoms with E-state index in [9.17, 15) is 14.9 Å². The van der Waals surface area contributed by atoms with E-state index >= 15 is 0 Å². The monoisotopic (exact) mass is 372 g/mol. The van der Waals surface area contributed by atoms with Crippen molar-refractivity contribution < 1.29 is 9.59 Å². The second kappa shape index (κ2) is 6.03. The summed E-state index contributed by atoms with van der Waals surface area (Å²) in [6.07, 6.45) is 6.90. The number of imidazole rings is 1. The number of aromatic nitrogens is 2. The molecule has 0 radical (unpaired) electrons. The average molecular weight is 372 g/mol. The van der Waals surface area contributed by atoms with Crippen LogP contribution in [0.1, 0.15) is 19.4 Å². The Morgan fingerprint density at radius 2 is 1.89 bits per heavy atom. The molecule has 1 aromatic heterocycles. The molecule has 4 rings (SSSR count). The van der Waals surface area contributed by atoms with Gasteiger partial charge in [-0.1, -0.05) is 36.4 Å². The van der Waals surface area contributed by atoms with Crippen molar-refractivity contribution in [2.24, 2.45) is 12.5 Å². The zero-order valence-corrected chi connectivity index (χ0v) is 16.0. The van der Waals surface area contributed by atoms with Crippen LogP contribution in [-0.2, 0) is 22.1 Å². The number of rotatable bonds is 2. The molecular weight excluding hydrogens is 352 g/mol. The molecule has 2 aliphatic rings. The Morgan fingerprint density at radius 3 is 2.50 bits per heavy atom. The number of hydrogen-bond acceptors (Lipinski definition) is 4. The molecule has 0 bridgehead atoms. The molecule has 1 amide bonds. The molecule has 0 fully saturated rings. The molecule has 1 atom stereocenters. The number of benzene rings is 1. The first-order valence-corrected chi connectivity index (χ1v) is 9.07. The van der Waals surface area contributed by atoms with E-state index in [0.29, 0.717) is 18.1 Å². The number of Topliss-reactive ketones (excluding diaryl/α,β-unsaturated/α-hetero) is 1. The molecule has 0 spiro atoms. The SMILES string of the molecule is Cn1ccnc1N1CC=C2C(C)(C)C(=O)C(C#N)=C[C@]2(c2ccccc2)C1=O. The number of carbonyl (C=O) groups is 2. The highest BCUT2D eigenvalue weighted by Crippen LogP contribution is 2.52. The summed E-state index contributed by atoms with van der Waals surface area (Å²) in [5, 5.41) is 9.63. The minimum Gasteiger partial charge on any atom is -0.320 e. The van der Waals surface area contributed by atoms with E-state index in [-0.39, 0.29) is 17.3 Å². The molecule has 6 heteroatoms. The number of nitriles is 1. The third-order valence-electron chi connectivity index (χ3n) is 5.72. The molecule has 2 aromatic rings. The molecule has 1 aliphatic heterocycles. The Bertz CT molecular complexity index is 1090. The van der Waals surface area contributed by atoms with Gasteiger partial charge in [-0.15, -0.1) is 0 Å². The summed E-state index contributed by atoms with van der Waals surface area (Å²) in [5.41, 5.74) is -0.710. The Morgan fingerprint density at radius 1 is 1.18 bits per heavy atom. The van der Waals surface area contributed by atoms with Crippen LogP contribution in [-0.4, -0.2) is 27.8 Å². The molecular formula is C22H20N4O2. The van der Waals surface area contributed by atoms with E-state index in [4.69, 9.17) is 0 Å². The molecule has 140 valence electrons. The van der Waals surface area contributed by atoms with Crippen LogP contribution in [0.2, 0.25) is 0 Å². The van der Waals surface area contributed by atoms with Crippen molar-refractivity contribution in [3.63, 3.8) is 0 Å². The Kier molecular flexibility index (Phi) is 3.86. The number of amides is 1. The van der Waals surface area contributed by atoms with Crippen molar-refractivity contribution in [1.29, 1.82) is 5.26 Å². The summed E-state index contributed by atoms with van der Waals surface area (Å²) in [6, 6.07) is 11.3. The molecule has 0 N–H and O–H groups in total. The number of aryl methyl sites for hydroxylation is 1. The van der Waals surface area contributed by atoms with Gasteiger partial charge in [0, 0.05) is 26.0 Å². The number of nitrogens with zero attached hydrogens (tertiary/aromatic N) is 4. The fraction of sp³-hybridized carbons (Fsp3) is 0.273. The van der Waals surface area contributed by atoms with Gasteiger partial charge in [-0.05, 0) is 31.1 Å². The number of carbonyl (C=O) groups excluding carboxylic acids is 2. The van der Waals surface area contributed by atoms with Crippen LogP contribution in [0.4, 0.5) is 5.95 Å². The Hall–Kier alpha value is -3.46. The van der Waals surface area contributed by atoms with E-state index in [2.05, 4.69) is 4.98 Å². The van der Waals surface area contributed by atoms with Crippen LogP contribution in [0.5, 0.6) is 0 Å². The van der Waals surface area contributed by atoms with Gasteiger partial charge in [0.25, 0.3) is 0 Å². The predicted octanol–water partition coefficient (Wildman–Crippen LogP) is 2.69. The van der Waals surface area contributed by atoms with Crippen LogP contribution in [0, 0.1) is 16.7 Å². The van der Waals surface area contributed by atoms with E-state index in [1.165, 1.54) is 0 Å². The van der Waals surface area contributed by atoms with Gasteiger partial charge in [-0.3, -0.25) is 14.5 Å². The molecule has 6 nitrogen and oxygen atoms in total. The average Bonchev–Trinajstić information content (AvgIpc) is 3.12. The lowest BCUT2D eigenvalue weighted by molar-refractivity contribution is -0.125. The third kappa shape index (κ3) is 2.23. The maximum absolute atomic E-state index is 14.0. The lowest BCUT2D eigenvalue weighted by Crippen LogP contribution is -2.57. The highest BCUT2D eigenvalue weighted by Gasteiger charge is 2.57. The smallest absolute Gasteiger partial charge is 0.248 e. The third-order valence-corrected chi connectivity index (χ3v) is 5.72. The van der Waals surface area contributed by atoms with Crippen LogP contribution >= 0.6 is 0 Å². The van der Waals surface area contributed by atoms with E-state index in [1.54, 1.807) is 41.8 Å². The summed E-state index contributed by atoms with van der Waals surface area (Å²) in [6.45, 7) is 3.89. The van der Waals surface area contributed by atoms with Crippen molar-refractivity contribution in [3.8, 4) is 6.07 Å². The summed E-state index contributed by atoms with van der Waals surface area (Å²) < 4.78 is 1.78. The summed E-state index contributed by atoms with van der Waals surface area (Å²) in [5.74, 6) is 0.0575. The van der Waals surface area contributed by atoms with Crippen molar-refractivity contribution in [2.75, 3.05) is 11.4 Å². The van der Waals surface area contributed by atoms with Crippen LogP contribution < -0.4 is 4.90 Å². The zero-order valence-electron chi connectivity index (χ0n) is 16.0. The zero-order chi connectivity index (χ0) is 20.1. The summed E-state index contributed by atoms with van der Waals surface area (Å²) in [7, 11) is 1.83. The first kappa shape index (κ1) is 17.9. The molecule has 2 heterocycles. The van der Waals surface area contributed by atoms with Crippen molar-refractivity contribution in [2.45, 2.75) is 19.3 Å². The van der Waals surface area contributed by atoms with Crippen molar-refractivity contribution >= 4 is 17.6 Å². The van der Waals surface area contributed by atoms with Crippen LogP contribution in [0.25, 0.3) is 0 Å². The van der Waals surface area contributed by atoms with Gasteiger partial charge in [0.05, 0.1) is 11.0 Å². The highest BCUT2D eigenvalue weighted by molar-refractivity contribution is 6.14. The first-order chi connectivity index (χ1) is 13.3. The number of allylic oxidation sites excluding steroid dienone is 1. The topological polar surface area (TPSA) is 79.0 Å². The Balaban J connectivity index is 2.05. The summed E-state index contributed by atoms with van der Waals surface area (Å²) >= 11 is 0. The Labute approximate surface area is 163 Å².